The standard InChI is InChI=1S/C11H22N4O/c1-4-11(12,5-2)8-16-7-10-13-9-14-15(10)6-3/h9H,4-8,12H2,1-3H3. The van der Waals surface area contributed by atoms with Crippen molar-refractivity contribution < 1.29 is 4.74 Å². The summed E-state index contributed by atoms with van der Waals surface area (Å²) in [5, 5.41) is 4.08. The monoisotopic (exact) mass is 226 g/mol. The van der Waals surface area contributed by atoms with Gasteiger partial charge in [0.2, 0.25) is 0 Å². The maximum absolute atomic E-state index is 6.14. The normalized spacial score (nSPS) is 12.0. The molecule has 0 aliphatic carbocycles. The van der Waals surface area contributed by atoms with Crippen molar-refractivity contribution in [2.75, 3.05) is 6.61 Å². The highest BCUT2D eigenvalue weighted by Gasteiger charge is 2.20. The van der Waals surface area contributed by atoms with Crippen LogP contribution in [0.3, 0.4) is 0 Å². The van der Waals surface area contributed by atoms with Crippen LogP contribution in [-0.2, 0) is 17.9 Å². The number of hydrogen-bond donors (Lipinski definition) is 1. The lowest BCUT2D eigenvalue weighted by Crippen LogP contribution is -2.43. The smallest absolute Gasteiger partial charge is 0.152 e. The molecule has 0 saturated carbocycles. The van der Waals surface area contributed by atoms with Crippen LogP contribution in [0.5, 0.6) is 0 Å². The summed E-state index contributed by atoms with van der Waals surface area (Å²) in [5.74, 6) is 0.858. The van der Waals surface area contributed by atoms with Crippen molar-refractivity contribution in [2.45, 2.75) is 52.3 Å². The number of hydrogen-bond acceptors (Lipinski definition) is 4. The fraction of sp³-hybridized carbons (Fsp3) is 0.818. The lowest BCUT2D eigenvalue weighted by molar-refractivity contribution is 0.0636. The predicted molar refractivity (Wildman–Crippen MR) is 62.9 cm³/mol. The molecule has 0 spiro atoms. The van der Waals surface area contributed by atoms with Crippen molar-refractivity contribution in [2.24, 2.45) is 5.73 Å². The Bertz CT molecular complexity index is 307. The number of aromatic nitrogens is 3. The van der Waals surface area contributed by atoms with Crippen LogP contribution in [0.25, 0.3) is 0 Å². The van der Waals surface area contributed by atoms with Crippen molar-refractivity contribution in [3.8, 4) is 0 Å². The molecule has 0 saturated heterocycles. The van der Waals surface area contributed by atoms with Crippen LogP contribution < -0.4 is 5.73 Å². The van der Waals surface area contributed by atoms with Crippen molar-refractivity contribution >= 4 is 0 Å². The molecule has 1 aromatic rings. The minimum absolute atomic E-state index is 0.211. The van der Waals surface area contributed by atoms with Crippen LogP contribution in [0, 0.1) is 0 Å². The molecule has 0 aromatic carbocycles. The van der Waals surface area contributed by atoms with Crippen molar-refractivity contribution in [3.63, 3.8) is 0 Å². The minimum Gasteiger partial charge on any atom is -0.372 e. The molecule has 0 atom stereocenters. The van der Waals surface area contributed by atoms with Crippen LogP contribution in [0.2, 0.25) is 0 Å². The Hall–Kier alpha value is -0.940. The topological polar surface area (TPSA) is 66.0 Å². The lowest BCUT2D eigenvalue weighted by atomic mass is 9.96. The number of ether oxygens (including phenoxy) is 1. The summed E-state index contributed by atoms with van der Waals surface area (Å²) in [6.45, 7) is 8.06. The van der Waals surface area contributed by atoms with Gasteiger partial charge in [0.15, 0.2) is 5.82 Å². The number of nitrogens with zero attached hydrogens (tertiary/aromatic N) is 3. The zero-order valence-electron chi connectivity index (χ0n) is 10.4. The van der Waals surface area contributed by atoms with Gasteiger partial charge in [0.05, 0.1) is 6.61 Å². The summed E-state index contributed by atoms with van der Waals surface area (Å²) >= 11 is 0. The van der Waals surface area contributed by atoms with Crippen molar-refractivity contribution in [3.05, 3.63) is 12.2 Å². The third kappa shape index (κ3) is 3.28. The molecule has 0 amide bonds. The average Bonchev–Trinajstić information content (AvgIpc) is 2.76. The highest BCUT2D eigenvalue weighted by atomic mass is 16.5. The summed E-state index contributed by atoms with van der Waals surface area (Å²) in [5.41, 5.74) is 5.93. The van der Waals surface area contributed by atoms with E-state index in [2.05, 4.69) is 23.9 Å². The molecule has 5 heteroatoms. The third-order valence-corrected chi connectivity index (χ3v) is 3.02. The van der Waals surface area contributed by atoms with Gasteiger partial charge < -0.3 is 10.5 Å². The fourth-order valence-corrected chi connectivity index (χ4v) is 1.46. The lowest BCUT2D eigenvalue weighted by Gasteiger charge is -2.26. The minimum atomic E-state index is -0.211. The summed E-state index contributed by atoms with van der Waals surface area (Å²) < 4.78 is 7.45. The summed E-state index contributed by atoms with van der Waals surface area (Å²) in [7, 11) is 0. The molecule has 92 valence electrons. The molecular weight excluding hydrogens is 204 g/mol. The Kier molecular flexibility index (Phi) is 4.89. The van der Waals surface area contributed by atoms with E-state index in [0.717, 1.165) is 25.2 Å². The van der Waals surface area contributed by atoms with E-state index >= 15 is 0 Å². The van der Waals surface area contributed by atoms with Gasteiger partial charge in [-0.25, -0.2) is 9.67 Å². The molecule has 1 aromatic heterocycles. The summed E-state index contributed by atoms with van der Waals surface area (Å²) in [4.78, 5) is 4.14. The molecule has 0 bridgehead atoms. The summed E-state index contributed by atoms with van der Waals surface area (Å²) in [6, 6.07) is 0. The second-order valence-electron chi connectivity index (χ2n) is 4.05. The SMILES string of the molecule is CCn1ncnc1COCC(N)(CC)CC. The molecule has 0 radical (unpaired) electrons. The van der Waals surface area contributed by atoms with Crippen LogP contribution in [0.4, 0.5) is 0 Å². The molecule has 0 aliphatic heterocycles. The Balaban J connectivity index is 2.41. The van der Waals surface area contributed by atoms with Gasteiger partial charge in [0, 0.05) is 12.1 Å². The van der Waals surface area contributed by atoms with Crippen LogP contribution in [-0.4, -0.2) is 26.9 Å². The van der Waals surface area contributed by atoms with E-state index in [4.69, 9.17) is 10.5 Å². The maximum atomic E-state index is 6.14. The maximum Gasteiger partial charge on any atom is 0.152 e. The van der Waals surface area contributed by atoms with Gasteiger partial charge >= 0.3 is 0 Å². The van der Waals surface area contributed by atoms with Crippen LogP contribution in [0.1, 0.15) is 39.4 Å². The fourth-order valence-electron chi connectivity index (χ4n) is 1.46. The first-order valence-corrected chi connectivity index (χ1v) is 5.88. The second kappa shape index (κ2) is 5.96. The molecule has 0 fully saturated rings. The summed E-state index contributed by atoms with van der Waals surface area (Å²) in [6.07, 6.45) is 3.39. The van der Waals surface area contributed by atoms with E-state index in [-0.39, 0.29) is 5.54 Å². The van der Waals surface area contributed by atoms with Gasteiger partial charge in [-0.15, -0.1) is 0 Å². The van der Waals surface area contributed by atoms with E-state index in [1.165, 1.54) is 0 Å². The largest absolute Gasteiger partial charge is 0.372 e. The Morgan fingerprint density at radius 2 is 2.06 bits per heavy atom. The first-order chi connectivity index (χ1) is 7.65. The Labute approximate surface area is 97.0 Å². The first kappa shape index (κ1) is 13.1. The molecule has 1 heterocycles. The Morgan fingerprint density at radius 1 is 1.38 bits per heavy atom. The molecular formula is C11H22N4O. The number of rotatable bonds is 7. The molecule has 5 nitrogen and oxygen atoms in total. The molecule has 0 aliphatic rings. The van der Waals surface area contributed by atoms with Crippen molar-refractivity contribution in [1.82, 2.24) is 14.8 Å². The number of nitrogens with two attached hydrogens (primary N) is 1. The van der Waals surface area contributed by atoms with E-state index in [0.29, 0.717) is 13.2 Å². The third-order valence-electron chi connectivity index (χ3n) is 3.02. The van der Waals surface area contributed by atoms with E-state index in [1.807, 2.05) is 11.6 Å². The average molecular weight is 226 g/mol. The molecule has 16 heavy (non-hydrogen) atoms. The van der Waals surface area contributed by atoms with E-state index in [9.17, 15) is 0 Å². The van der Waals surface area contributed by atoms with Crippen LogP contribution in [0.15, 0.2) is 6.33 Å². The second-order valence-corrected chi connectivity index (χ2v) is 4.05. The van der Waals surface area contributed by atoms with E-state index in [1.54, 1.807) is 6.33 Å². The highest BCUT2D eigenvalue weighted by molar-refractivity contribution is 4.83. The molecule has 2 N–H and O–H groups in total. The van der Waals surface area contributed by atoms with Crippen molar-refractivity contribution in [1.29, 1.82) is 0 Å². The zero-order valence-corrected chi connectivity index (χ0v) is 10.4. The van der Waals surface area contributed by atoms with Gasteiger partial charge in [0.25, 0.3) is 0 Å². The quantitative estimate of drug-likeness (QED) is 0.761. The zero-order chi connectivity index (χ0) is 12.0. The Morgan fingerprint density at radius 3 is 2.62 bits per heavy atom. The molecule has 1 rings (SSSR count). The van der Waals surface area contributed by atoms with Gasteiger partial charge in [-0.2, -0.15) is 5.10 Å². The highest BCUT2D eigenvalue weighted by Crippen LogP contribution is 2.12. The predicted octanol–water partition coefficient (Wildman–Crippen LogP) is 1.33. The number of aryl methyl sites for hydroxylation is 1. The van der Waals surface area contributed by atoms with Gasteiger partial charge in [-0.3, -0.25) is 0 Å². The molecule has 0 unspecified atom stereocenters. The van der Waals surface area contributed by atoms with E-state index < -0.39 is 0 Å². The van der Waals surface area contributed by atoms with Gasteiger partial charge in [0.1, 0.15) is 12.9 Å². The first-order valence-electron chi connectivity index (χ1n) is 5.88. The van der Waals surface area contributed by atoms with Gasteiger partial charge in [-0.1, -0.05) is 13.8 Å². The van der Waals surface area contributed by atoms with Crippen LogP contribution >= 0.6 is 0 Å². The van der Waals surface area contributed by atoms with Gasteiger partial charge in [-0.05, 0) is 19.8 Å².